The van der Waals surface area contributed by atoms with Crippen LogP contribution in [0.3, 0.4) is 0 Å². The van der Waals surface area contributed by atoms with Gasteiger partial charge in [0.05, 0.1) is 23.3 Å². The molecule has 3 N–H and O–H groups in total. The minimum atomic E-state index is -2.84. The smallest absolute Gasteiger partial charge is 0.280 e. The lowest BCUT2D eigenvalue weighted by Crippen LogP contribution is -2.17. The van der Waals surface area contributed by atoms with Crippen molar-refractivity contribution >= 4 is 44.7 Å². The number of thiophene rings is 1. The minimum absolute atomic E-state index is 0.0165. The van der Waals surface area contributed by atoms with E-state index >= 15 is 0 Å². The highest BCUT2D eigenvalue weighted by Crippen LogP contribution is 2.42. The Morgan fingerprint density at radius 1 is 1.15 bits per heavy atom. The maximum absolute atomic E-state index is 13.8. The number of carbonyl (C=O) groups excluding carboxylic acids is 2. The van der Waals surface area contributed by atoms with Crippen molar-refractivity contribution in [3.8, 4) is 22.4 Å². The number of carbonyl (C=O) groups is 2. The highest BCUT2D eigenvalue weighted by Gasteiger charge is 2.26. The molecule has 13 heteroatoms. The number of amides is 2. The van der Waals surface area contributed by atoms with E-state index in [0.29, 0.717) is 28.8 Å². The fourth-order valence-electron chi connectivity index (χ4n) is 4.74. The first-order chi connectivity index (χ1) is 19.8. The molecule has 10 nitrogen and oxygen atoms in total. The molecule has 0 radical (unpaired) electrons. The molecule has 0 bridgehead atoms. The minimum Gasteiger partial charge on any atom is -0.365 e. The predicted octanol–water partition coefficient (Wildman–Crippen LogP) is 5.49. The zero-order chi connectivity index (χ0) is 28.8. The Balaban J connectivity index is 1.49. The molecular weight excluding hydrogens is 550 g/mol. The van der Waals surface area contributed by atoms with E-state index in [1.807, 2.05) is 20.0 Å². The van der Waals surface area contributed by atoms with Crippen LogP contribution in [0.1, 0.15) is 44.8 Å². The van der Waals surface area contributed by atoms with E-state index in [1.165, 1.54) is 12.3 Å². The van der Waals surface area contributed by atoms with Crippen molar-refractivity contribution in [2.24, 2.45) is 5.73 Å². The van der Waals surface area contributed by atoms with Crippen LogP contribution in [0, 0.1) is 6.92 Å². The van der Waals surface area contributed by atoms with Crippen LogP contribution in [0.15, 0.2) is 61.1 Å². The van der Waals surface area contributed by atoms with Gasteiger partial charge in [0.1, 0.15) is 21.0 Å². The number of hydrogen-bond donors (Lipinski definition) is 2. The number of anilines is 1. The number of pyridine rings is 1. The van der Waals surface area contributed by atoms with Gasteiger partial charge in [-0.25, -0.2) is 23.3 Å². The van der Waals surface area contributed by atoms with Crippen LogP contribution in [0.4, 0.5) is 14.5 Å². The van der Waals surface area contributed by atoms with Crippen molar-refractivity contribution in [1.29, 1.82) is 0 Å². The van der Waals surface area contributed by atoms with Gasteiger partial charge in [-0.2, -0.15) is 10.2 Å². The number of benzene rings is 1. The Morgan fingerprint density at radius 2 is 1.93 bits per heavy atom. The largest absolute Gasteiger partial charge is 0.365 e. The molecule has 0 fully saturated rings. The monoisotopic (exact) mass is 572 g/mol. The lowest BCUT2D eigenvalue weighted by molar-refractivity contribution is 0.100. The molecule has 0 aliphatic heterocycles. The highest BCUT2D eigenvalue weighted by molar-refractivity contribution is 7.21. The molecule has 206 valence electrons. The molecule has 41 heavy (non-hydrogen) atoms. The molecule has 5 heterocycles. The SMILES string of the molecule is CCn1cc(-c2ccnc3c(C(=O)Nc4c(C(N)=O)sc5nc(C(F)F)cc(-c6ccccc6)c45)cnn23)c(C)n1. The van der Waals surface area contributed by atoms with Crippen LogP contribution >= 0.6 is 11.3 Å². The highest BCUT2D eigenvalue weighted by atomic mass is 32.1. The number of nitrogens with two attached hydrogens (primary N) is 1. The molecule has 2 amide bonds. The van der Waals surface area contributed by atoms with Gasteiger partial charge in [0.25, 0.3) is 18.2 Å². The Bertz CT molecular complexity index is 1960. The summed E-state index contributed by atoms with van der Waals surface area (Å²) in [6.07, 6.45) is 2.01. The third-order valence-electron chi connectivity index (χ3n) is 6.64. The van der Waals surface area contributed by atoms with Gasteiger partial charge in [-0.05, 0) is 37.1 Å². The number of alkyl halides is 2. The summed E-state index contributed by atoms with van der Waals surface area (Å²) < 4.78 is 30.9. The van der Waals surface area contributed by atoms with E-state index in [9.17, 15) is 18.4 Å². The van der Waals surface area contributed by atoms with E-state index in [4.69, 9.17) is 5.73 Å². The molecule has 5 aromatic heterocycles. The van der Waals surface area contributed by atoms with Crippen LogP contribution < -0.4 is 11.1 Å². The van der Waals surface area contributed by atoms with Crippen LogP contribution in [0.2, 0.25) is 0 Å². The fraction of sp³-hybridized carbons (Fsp3) is 0.143. The zero-order valence-electron chi connectivity index (χ0n) is 21.8. The number of hydrogen-bond acceptors (Lipinski definition) is 7. The quantitative estimate of drug-likeness (QED) is 0.260. The normalized spacial score (nSPS) is 11.5. The first-order valence-corrected chi connectivity index (χ1v) is 13.4. The summed E-state index contributed by atoms with van der Waals surface area (Å²) in [6, 6.07) is 11.9. The van der Waals surface area contributed by atoms with Crippen molar-refractivity contribution in [2.45, 2.75) is 26.8 Å². The van der Waals surface area contributed by atoms with Gasteiger partial charge in [0, 0.05) is 29.9 Å². The van der Waals surface area contributed by atoms with Gasteiger partial charge >= 0.3 is 0 Å². The lowest BCUT2D eigenvalue weighted by atomic mass is 10.0. The van der Waals surface area contributed by atoms with Crippen molar-refractivity contribution in [2.75, 3.05) is 5.32 Å². The fourth-order valence-corrected chi connectivity index (χ4v) is 5.75. The number of halogens is 2. The molecule has 0 saturated carbocycles. The van der Waals surface area contributed by atoms with Crippen LogP contribution in [0.25, 0.3) is 38.2 Å². The number of primary amides is 1. The second-order valence-electron chi connectivity index (χ2n) is 9.17. The summed E-state index contributed by atoms with van der Waals surface area (Å²) in [5.74, 6) is -1.44. The molecule has 0 saturated heterocycles. The molecule has 0 unspecified atom stereocenters. The molecule has 6 rings (SSSR count). The molecule has 0 aliphatic rings. The van der Waals surface area contributed by atoms with Crippen molar-refractivity contribution in [3.05, 3.63) is 82.9 Å². The molecule has 0 aliphatic carbocycles. The number of aryl methyl sites for hydroxylation is 2. The Hall–Kier alpha value is -5.04. The molecule has 6 aromatic rings. The average Bonchev–Trinajstić information content (AvgIpc) is 3.68. The summed E-state index contributed by atoms with van der Waals surface area (Å²) in [6.45, 7) is 4.56. The number of rotatable bonds is 7. The van der Waals surface area contributed by atoms with Gasteiger partial charge in [-0.3, -0.25) is 14.3 Å². The van der Waals surface area contributed by atoms with Crippen LogP contribution in [0.5, 0.6) is 0 Å². The maximum Gasteiger partial charge on any atom is 0.280 e. The van der Waals surface area contributed by atoms with Gasteiger partial charge in [-0.1, -0.05) is 30.3 Å². The summed E-state index contributed by atoms with van der Waals surface area (Å²) in [4.78, 5) is 34.7. The zero-order valence-corrected chi connectivity index (χ0v) is 22.6. The van der Waals surface area contributed by atoms with Gasteiger partial charge in [0.2, 0.25) is 0 Å². The Kier molecular flexibility index (Phi) is 6.50. The van der Waals surface area contributed by atoms with E-state index < -0.39 is 23.9 Å². The summed E-state index contributed by atoms with van der Waals surface area (Å²) in [5.41, 5.74) is 9.04. The number of nitrogens with zero attached hydrogens (tertiary/aromatic N) is 6. The standard InChI is InChI=1S/C28H22F2N8O2S/c1-3-37-13-18(14(2)36-37)20-9-10-32-26-17(12-33-38(20)26)27(40)35-22-21-16(15-7-5-4-6-8-15)11-19(24(29)30)34-28(21)41-23(22)25(31)39/h4-13,24H,3H2,1-2H3,(H2,31,39)(H,35,40). The average molecular weight is 573 g/mol. The van der Waals surface area contributed by atoms with Gasteiger partial charge in [-0.15, -0.1) is 11.3 Å². The summed E-state index contributed by atoms with van der Waals surface area (Å²) in [7, 11) is 0. The number of aromatic nitrogens is 6. The van der Waals surface area contributed by atoms with Gasteiger partial charge in [0.15, 0.2) is 5.65 Å². The van der Waals surface area contributed by atoms with E-state index in [0.717, 1.165) is 22.6 Å². The van der Waals surface area contributed by atoms with E-state index in [-0.39, 0.29) is 26.6 Å². The third kappa shape index (κ3) is 4.49. The second kappa shape index (κ2) is 10.2. The summed E-state index contributed by atoms with van der Waals surface area (Å²) in [5, 5.41) is 12.0. The lowest BCUT2D eigenvalue weighted by Gasteiger charge is -2.11. The second-order valence-corrected chi connectivity index (χ2v) is 10.2. The van der Waals surface area contributed by atoms with Crippen LogP contribution in [-0.2, 0) is 6.54 Å². The maximum atomic E-state index is 13.8. The Morgan fingerprint density at radius 3 is 2.61 bits per heavy atom. The first-order valence-electron chi connectivity index (χ1n) is 12.6. The summed E-state index contributed by atoms with van der Waals surface area (Å²) >= 11 is 0.842. The van der Waals surface area contributed by atoms with Crippen molar-refractivity contribution in [1.82, 2.24) is 29.4 Å². The topological polar surface area (TPSA) is 133 Å². The molecule has 0 atom stereocenters. The molecule has 1 aromatic carbocycles. The number of nitrogens with one attached hydrogen (secondary N) is 1. The third-order valence-corrected chi connectivity index (χ3v) is 7.74. The first kappa shape index (κ1) is 26.2. The van der Waals surface area contributed by atoms with Crippen LogP contribution in [-0.4, -0.2) is 41.2 Å². The van der Waals surface area contributed by atoms with Crippen molar-refractivity contribution < 1.29 is 18.4 Å². The van der Waals surface area contributed by atoms with E-state index in [2.05, 4.69) is 25.5 Å². The Labute approximate surface area is 235 Å². The molecular formula is C28H22F2N8O2S. The molecule has 0 spiro atoms. The van der Waals surface area contributed by atoms with Gasteiger partial charge < -0.3 is 11.1 Å². The van der Waals surface area contributed by atoms with E-state index in [1.54, 1.807) is 51.8 Å². The van der Waals surface area contributed by atoms with Crippen molar-refractivity contribution in [3.63, 3.8) is 0 Å². The predicted molar refractivity (Wildman–Crippen MR) is 151 cm³/mol. The number of fused-ring (bicyclic) bond motifs is 2.